The van der Waals surface area contributed by atoms with Gasteiger partial charge in [-0.15, -0.1) is 0 Å². The van der Waals surface area contributed by atoms with Crippen molar-refractivity contribution in [2.75, 3.05) is 0 Å². The van der Waals surface area contributed by atoms with E-state index in [1.54, 1.807) is 17.0 Å². The van der Waals surface area contributed by atoms with Crippen molar-refractivity contribution in [3.63, 3.8) is 0 Å². The minimum atomic E-state index is -0.0584. The molecule has 0 fully saturated rings. The highest BCUT2D eigenvalue weighted by molar-refractivity contribution is 9.10. The Morgan fingerprint density at radius 2 is 2.12 bits per heavy atom. The Balaban J connectivity index is 2.45. The number of ketones is 1. The van der Waals surface area contributed by atoms with Gasteiger partial charge in [-0.2, -0.15) is 0 Å². The number of hydrogen-bond acceptors (Lipinski definition) is 2. The average molecular weight is 279 g/mol. The molecule has 2 rings (SSSR count). The van der Waals surface area contributed by atoms with Gasteiger partial charge in [-0.25, -0.2) is 4.98 Å². The number of rotatable bonds is 2. The second-order valence-corrected chi connectivity index (χ2v) is 4.62. The van der Waals surface area contributed by atoms with E-state index in [2.05, 4.69) is 20.9 Å². The van der Waals surface area contributed by atoms with Crippen molar-refractivity contribution in [2.24, 2.45) is 7.05 Å². The van der Waals surface area contributed by atoms with Crippen molar-refractivity contribution in [3.05, 3.63) is 52.0 Å². The van der Waals surface area contributed by atoms with Crippen LogP contribution in [0.1, 0.15) is 21.7 Å². The van der Waals surface area contributed by atoms with Crippen LogP contribution >= 0.6 is 15.9 Å². The van der Waals surface area contributed by atoms with Crippen molar-refractivity contribution in [1.82, 2.24) is 9.55 Å². The molecule has 0 saturated carbocycles. The maximum atomic E-state index is 12.1. The number of hydrogen-bond donors (Lipinski definition) is 0. The smallest absolute Gasteiger partial charge is 0.228 e. The minimum Gasteiger partial charge on any atom is -0.331 e. The molecule has 0 saturated heterocycles. The van der Waals surface area contributed by atoms with E-state index < -0.39 is 0 Å². The summed E-state index contributed by atoms with van der Waals surface area (Å²) in [5, 5.41) is 0. The summed E-state index contributed by atoms with van der Waals surface area (Å²) in [6.07, 6.45) is 3.39. The number of nitrogens with zero attached hydrogens (tertiary/aromatic N) is 2. The number of halogens is 1. The molecule has 0 bridgehead atoms. The van der Waals surface area contributed by atoms with Gasteiger partial charge in [0.2, 0.25) is 5.78 Å². The van der Waals surface area contributed by atoms with E-state index in [-0.39, 0.29) is 5.78 Å². The van der Waals surface area contributed by atoms with E-state index in [9.17, 15) is 4.79 Å². The molecule has 0 aliphatic carbocycles. The summed E-state index contributed by atoms with van der Waals surface area (Å²) in [4.78, 5) is 16.2. The predicted octanol–water partition coefficient (Wildman–Crippen LogP) is 2.72. The van der Waals surface area contributed by atoms with Crippen LogP contribution in [0.4, 0.5) is 0 Å². The highest BCUT2D eigenvalue weighted by Gasteiger charge is 2.14. The Kier molecular flexibility index (Phi) is 2.92. The summed E-state index contributed by atoms with van der Waals surface area (Å²) >= 11 is 3.38. The Bertz CT molecular complexity index is 525. The van der Waals surface area contributed by atoms with Crippen LogP contribution in [0.25, 0.3) is 0 Å². The van der Waals surface area contributed by atoms with Crippen molar-refractivity contribution < 1.29 is 4.79 Å². The van der Waals surface area contributed by atoms with Gasteiger partial charge in [-0.05, 0) is 30.7 Å². The van der Waals surface area contributed by atoms with Crippen molar-refractivity contribution in [3.8, 4) is 0 Å². The molecular formula is C12H11BrN2O. The molecule has 0 aliphatic heterocycles. The number of imidazole rings is 1. The molecule has 82 valence electrons. The van der Waals surface area contributed by atoms with Crippen LogP contribution in [0.5, 0.6) is 0 Å². The van der Waals surface area contributed by atoms with Gasteiger partial charge in [0.25, 0.3) is 0 Å². The number of aryl methyl sites for hydroxylation is 2. The summed E-state index contributed by atoms with van der Waals surface area (Å²) in [7, 11) is 1.81. The highest BCUT2D eigenvalue weighted by atomic mass is 79.9. The normalized spacial score (nSPS) is 10.4. The van der Waals surface area contributed by atoms with Crippen molar-refractivity contribution in [2.45, 2.75) is 6.92 Å². The second-order valence-electron chi connectivity index (χ2n) is 3.71. The third-order valence-electron chi connectivity index (χ3n) is 2.33. The van der Waals surface area contributed by atoms with Crippen LogP contribution in [0.2, 0.25) is 0 Å². The van der Waals surface area contributed by atoms with Crippen molar-refractivity contribution in [1.29, 1.82) is 0 Å². The van der Waals surface area contributed by atoms with Crippen LogP contribution in [-0.2, 0) is 7.05 Å². The Morgan fingerprint density at radius 3 is 2.69 bits per heavy atom. The predicted molar refractivity (Wildman–Crippen MR) is 65.5 cm³/mol. The lowest BCUT2D eigenvalue weighted by Crippen LogP contribution is -2.08. The lowest BCUT2D eigenvalue weighted by molar-refractivity contribution is 0.102. The lowest BCUT2D eigenvalue weighted by atomic mass is 10.1. The zero-order valence-corrected chi connectivity index (χ0v) is 10.7. The molecule has 1 aromatic carbocycles. The first-order valence-corrected chi connectivity index (χ1v) is 5.66. The van der Waals surface area contributed by atoms with Gasteiger partial charge in [0.15, 0.2) is 5.82 Å². The Labute approximate surface area is 102 Å². The van der Waals surface area contributed by atoms with Crippen LogP contribution in [-0.4, -0.2) is 15.3 Å². The molecule has 1 heterocycles. The second kappa shape index (κ2) is 4.22. The molecule has 0 unspecified atom stereocenters. The standard InChI is InChI=1S/C12H11BrN2O/c1-8-5-9(7-10(13)6-8)11(16)12-14-3-4-15(12)2/h3-7H,1-2H3. The number of carbonyl (C=O) groups is 1. The molecule has 0 N–H and O–H groups in total. The van der Waals surface area contributed by atoms with E-state index >= 15 is 0 Å². The van der Waals surface area contributed by atoms with Gasteiger partial charge in [0, 0.05) is 29.5 Å². The topological polar surface area (TPSA) is 34.9 Å². The van der Waals surface area contributed by atoms with Gasteiger partial charge in [-0.3, -0.25) is 4.79 Å². The van der Waals surface area contributed by atoms with Crippen LogP contribution in [0, 0.1) is 6.92 Å². The fourth-order valence-corrected chi connectivity index (χ4v) is 2.19. The Morgan fingerprint density at radius 1 is 1.38 bits per heavy atom. The average Bonchev–Trinajstić information content (AvgIpc) is 2.62. The fourth-order valence-electron chi connectivity index (χ4n) is 1.58. The fraction of sp³-hybridized carbons (Fsp3) is 0.167. The zero-order valence-electron chi connectivity index (χ0n) is 9.07. The van der Waals surface area contributed by atoms with E-state index in [1.165, 1.54) is 0 Å². The van der Waals surface area contributed by atoms with Gasteiger partial charge in [0.05, 0.1) is 0 Å². The molecule has 0 spiro atoms. The number of carbonyl (C=O) groups excluding carboxylic acids is 1. The van der Waals surface area contributed by atoms with Crippen molar-refractivity contribution >= 4 is 21.7 Å². The first kappa shape index (κ1) is 11.1. The third-order valence-corrected chi connectivity index (χ3v) is 2.79. The molecule has 0 aliphatic rings. The SMILES string of the molecule is Cc1cc(Br)cc(C(=O)c2nccn2C)c1. The summed E-state index contributed by atoms with van der Waals surface area (Å²) < 4.78 is 2.63. The molecular weight excluding hydrogens is 268 g/mol. The van der Waals surface area contributed by atoms with Gasteiger partial charge in [-0.1, -0.05) is 15.9 Å². The maximum absolute atomic E-state index is 12.1. The highest BCUT2D eigenvalue weighted by Crippen LogP contribution is 2.17. The molecule has 0 atom stereocenters. The van der Waals surface area contributed by atoms with Gasteiger partial charge >= 0.3 is 0 Å². The number of aromatic nitrogens is 2. The molecule has 0 radical (unpaired) electrons. The maximum Gasteiger partial charge on any atom is 0.228 e. The molecule has 4 heteroatoms. The lowest BCUT2D eigenvalue weighted by Gasteiger charge is -2.03. The van der Waals surface area contributed by atoms with Crippen LogP contribution < -0.4 is 0 Å². The Hall–Kier alpha value is -1.42. The minimum absolute atomic E-state index is 0.0584. The third kappa shape index (κ3) is 2.07. The van der Waals surface area contributed by atoms with Crippen LogP contribution in [0.15, 0.2) is 35.1 Å². The number of benzene rings is 1. The molecule has 1 aromatic heterocycles. The molecule has 3 nitrogen and oxygen atoms in total. The summed E-state index contributed by atoms with van der Waals surface area (Å²) in [6.45, 7) is 1.96. The summed E-state index contributed by atoms with van der Waals surface area (Å²) in [6, 6.07) is 5.64. The molecule has 0 amide bonds. The van der Waals surface area contributed by atoms with Gasteiger partial charge < -0.3 is 4.57 Å². The van der Waals surface area contributed by atoms with E-state index in [0.29, 0.717) is 11.4 Å². The van der Waals surface area contributed by atoms with Gasteiger partial charge in [0.1, 0.15) is 0 Å². The van der Waals surface area contributed by atoms with Crippen LogP contribution in [0.3, 0.4) is 0 Å². The van der Waals surface area contributed by atoms with E-state index in [0.717, 1.165) is 10.0 Å². The van der Waals surface area contributed by atoms with E-state index in [4.69, 9.17) is 0 Å². The van der Waals surface area contributed by atoms with E-state index in [1.807, 2.05) is 32.2 Å². The monoisotopic (exact) mass is 278 g/mol. The summed E-state index contributed by atoms with van der Waals surface area (Å²) in [5.41, 5.74) is 1.70. The quantitative estimate of drug-likeness (QED) is 0.792. The molecule has 16 heavy (non-hydrogen) atoms. The largest absolute Gasteiger partial charge is 0.331 e. The molecule has 2 aromatic rings. The first-order valence-electron chi connectivity index (χ1n) is 4.87. The summed E-state index contributed by atoms with van der Waals surface area (Å²) in [5.74, 6) is 0.398. The zero-order chi connectivity index (χ0) is 11.7. The first-order chi connectivity index (χ1) is 7.58.